The summed E-state index contributed by atoms with van der Waals surface area (Å²) in [6, 6.07) is 8.73. The van der Waals surface area contributed by atoms with Gasteiger partial charge in [0.15, 0.2) is 17.4 Å². The number of ether oxygens (including phenoxy) is 4. The average Bonchev–Trinajstić information content (AvgIpc) is 3.10. The van der Waals surface area contributed by atoms with Crippen molar-refractivity contribution in [2.75, 3.05) is 6.61 Å². The lowest BCUT2D eigenvalue weighted by molar-refractivity contribution is -0.174. The number of aliphatic hydroxyl groups excluding tert-OH is 1. The number of fused-ring (bicyclic) bond motifs is 1. The third kappa shape index (κ3) is 3.06. The van der Waals surface area contributed by atoms with Gasteiger partial charge in [-0.1, -0.05) is 18.2 Å². The molecule has 4 rings (SSSR count). The van der Waals surface area contributed by atoms with Gasteiger partial charge in [0.1, 0.15) is 24.4 Å². The van der Waals surface area contributed by atoms with Crippen molar-refractivity contribution in [3.63, 3.8) is 0 Å². The van der Waals surface area contributed by atoms with Gasteiger partial charge in [0.2, 0.25) is 0 Å². The highest BCUT2D eigenvalue weighted by molar-refractivity contribution is 7.67. The first-order valence-corrected chi connectivity index (χ1v) is 10.5. The fourth-order valence-corrected chi connectivity index (χ4v) is 6.18. The fraction of sp³-hybridized carbons (Fsp3) is 0.667. The molecule has 0 bridgehead atoms. The lowest BCUT2D eigenvalue weighted by Gasteiger charge is -2.41. The highest BCUT2D eigenvalue weighted by Gasteiger charge is 2.62. The molecule has 3 saturated heterocycles. The molecule has 7 nitrogen and oxygen atoms in total. The Morgan fingerprint density at radius 2 is 1.62 bits per heavy atom. The minimum absolute atomic E-state index is 0.287. The zero-order chi connectivity index (χ0) is 18.7. The summed E-state index contributed by atoms with van der Waals surface area (Å²) < 4.78 is 43.3. The quantitative estimate of drug-likeness (QED) is 0.781. The average molecular weight is 384 g/mol. The smallest absolute Gasteiger partial charge is 0.262 e. The van der Waals surface area contributed by atoms with Gasteiger partial charge in [0, 0.05) is 5.30 Å². The molecule has 6 atom stereocenters. The van der Waals surface area contributed by atoms with Gasteiger partial charge in [0.25, 0.3) is 7.37 Å². The predicted octanol–water partition coefficient (Wildman–Crippen LogP) is 1.98. The minimum Gasteiger partial charge on any atom is -0.380 e. The molecule has 1 N–H and O–H groups in total. The van der Waals surface area contributed by atoms with E-state index in [1.54, 1.807) is 38.1 Å². The van der Waals surface area contributed by atoms with Crippen LogP contribution in [0.2, 0.25) is 0 Å². The van der Waals surface area contributed by atoms with Gasteiger partial charge in [-0.15, -0.1) is 0 Å². The third-order valence-corrected chi connectivity index (χ3v) is 7.49. The van der Waals surface area contributed by atoms with Crippen molar-refractivity contribution in [1.82, 2.24) is 0 Å². The number of rotatable bonds is 2. The Labute approximate surface area is 153 Å². The second kappa shape index (κ2) is 6.11. The van der Waals surface area contributed by atoms with E-state index in [1.807, 2.05) is 19.9 Å². The number of hydrogen-bond donors (Lipinski definition) is 1. The maximum Gasteiger partial charge on any atom is 0.262 e. The topological polar surface area (TPSA) is 83.5 Å². The van der Waals surface area contributed by atoms with E-state index in [9.17, 15) is 9.67 Å². The largest absolute Gasteiger partial charge is 0.380 e. The molecule has 0 radical (unpaired) electrons. The second-order valence-corrected chi connectivity index (χ2v) is 10.3. The van der Waals surface area contributed by atoms with Crippen molar-refractivity contribution in [3.8, 4) is 0 Å². The van der Waals surface area contributed by atoms with Gasteiger partial charge in [-0.25, -0.2) is 0 Å². The van der Waals surface area contributed by atoms with Crippen molar-refractivity contribution in [2.45, 2.75) is 69.5 Å². The number of aliphatic hydroxyl groups is 1. The summed E-state index contributed by atoms with van der Waals surface area (Å²) >= 11 is 0. The molecule has 8 heteroatoms. The molecular formula is C18H25O7P. The molecule has 1 aromatic rings. The Bertz CT molecular complexity index is 720. The molecular weight excluding hydrogens is 359 g/mol. The van der Waals surface area contributed by atoms with Crippen LogP contribution in [0.5, 0.6) is 0 Å². The van der Waals surface area contributed by atoms with E-state index >= 15 is 0 Å². The molecule has 3 fully saturated rings. The van der Waals surface area contributed by atoms with Gasteiger partial charge in [-0.2, -0.15) is 0 Å². The Balaban J connectivity index is 1.72. The summed E-state index contributed by atoms with van der Waals surface area (Å²) in [5, 5.41) is 11.3. The normalized spacial score (nSPS) is 44.0. The van der Waals surface area contributed by atoms with Gasteiger partial charge in [-0.3, -0.25) is 4.57 Å². The van der Waals surface area contributed by atoms with Gasteiger partial charge < -0.3 is 28.6 Å². The van der Waals surface area contributed by atoms with E-state index in [1.165, 1.54) is 0 Å². The Hall–Kier alpha value is -0.790. The minimum atomic E-state index is -3.62. The maximum atomic E-state index is 13.7. The van der Waals surface area contributed by atoms with Crippen LogP contribution in [0.15, 0.2) is 30.3 Å². The summed E-state index contributed by atoms with van der Waals surface area (Å²) in [5.41, 5.74) is 0. The summed E-state index contributed by atoms with van der Waals surface area (Å²) in [6.45, 7) is 7.44. The molecule has 0 aromatic heterocycles. The molecule has 26 heavy (non-hydrogen) atoms. The molecule has 3 aliphatic heterocycles. The SMILES string of the molecule is CC1(C)OCC(C2OP(=O)(c3ccccc3)C(O)C3OC(C)(C)OC23)O1. The van der Waals surface area contributed by atoms with Crippen LogP contribution in [0.25, 0.3) is 0 Å². The summed E-state index contributed by atoms with van der Waals surface area (Å²) in [6.07, 6.45) is -2.53. The number of hydrogen-bond acceptors (Lipinski definition) is 7. The summed E-state index contributed by atoms with van der Waals surface area (Å²) in [5.74, 6) is -2.99. The monoisotopic (exact) mass is 384 g/mol. The summed E-state index contributed by atoms with van der Waals surface area (Å²) in [7, 11) is -3.62. The molecule has 3 aliphatic rings. The van der Waals surface area contributed by atoms with E-state index in [-0.39, 0.29) is 6.61 Å². The van der Waals surface area contributed by atoms with Gasteiger partial charge in [-0.05, 0) is 39.8 Å². The van der Waals surface area contributed by atoms with Crippen LogP contribution in [-0.2, 0) is 28.0 Å². The van der Waals surface area contributed by atoms with E-state index < -0.39 is 49.2 Å². The van der Waals surface area contributed by atoms with Crippen LogP contribution in [0.1, 0.15) is 27.7 Å². The van der Waals surface area contributed by atoms with Gasteiger partial charge in [0.05, 0.1) is 6.61 Å². The van der Waals surface area contributed by atoms with Crippen LogP contribution >= 0.6 is 7.37 Å². The van der Waals surface area contributed by atoms with E-state index in [0.717, 1.165) is 0 Å². The van der Waals surface area contributed by atoms with Crippen LogP contribution in [-0.4, -0.2) is 53.5 Å². The van der Waals surface area contributed by atoms with E-state index in [0.29, 0.717) is 5.30 Å². The van der Waals surface area contributed by atoms with Crippen LogP contribution < -0.4 is 5.30 Å². The molecule has 0 aliphatic carbocycles. The molecule has 3 heterocycles. The third-order valence-electron chi connectivity index (χ3n) is 4.92. The fourth-order valence-electron chi connectivity index (χ4n) is 3.80. The van der Waals surface area contributed by atoms with E-state index in [2.05, 4.69) is 0 Å². The van der Waals surface area contributed by atoms with Crippen molar-refractivity contribution in [1.29, 1.82) is 0 Å². The first-order valence-electron chi connectivity index (χ1n) is 8.81. The van der Waals surface area contributed by atoms with Gasteiger partial charge >= 0.3 is 0 Å². The Morgan fingerprint density at radius 1 is 0.962 bits per heavy atom. The standard InChI is InChI=1S/C18H25O7P/c1-17(2)21-10-12(22-17)13-14-15(24-18(3,4)23-14)16(19)26(20,25-13)11-8-6-5-7-9-11/h5-9,12-16,19H,10H2,1-4H3. The predicted molar refractivity (Wildman–Crippen MR) is 93.3 cm³/mol. The van der Waals surface area contributed by atoms with Crippen molar-refractivity contribution < 1.29 is 33.1 Å². The second-order valence-electron chi connectivity index (χ2n) is 7.85. The maximum absolute atomic E-state index is 13.7. The highest BCUT2D eigenvalue weighted by Crippen LogP contribution is 2.60. The van der Waals surface area contributed by atoms with E-state index in [4.69, 9.17) is 23.5 Å². The molecule has 0 amide bonds. The lowest BCUT2D eigenvalue weighted by atomic mass is 10.0. The zero-order valence-electron chi connectivity index (χ0n) is 15.3. The zero-order valence-corrected chi connectivity index (χ0v) is 16.2. The summed E-state index contributed by atoms with van der Waals surface area (Å²) in [4.78, 5) is 0. The molecule has 6 unspecified atom stereocenters. The van der Waals surface area contributed by atoms with Crippen molar-refractivity contribution in [2.24, 2.45) is 0 Å². The lowest BCUT2D eigenvalue weighted by Crippen LogP contribution is -2.55. The first-order chi connectivity index (χ1) is 12.1. The van der Waals surface area contributed by atoms with Crippen molar-refractivity contribution >= 4 is 12.7 Å². The van der Waals surface area contributed by atoms with Crippen LogP contribution in [0.4, 0.5) is 0 Å². The van der Waals surface area contributed by atoms with Crippen molar-refractivity contribution in [3.05, 3.63) is 30.3 Å². The molecule has 1 aromatic carbocycles. The molecule has 144 valence electrons. The number of benzene rings is 1. The Morgan fingerprint density at radius 3 is 2.23 bits per heavy atom. The van der Waals surface area contributed by atoms with Crippen LogP contribution in [0, 0.1) is 0 Å². The highest BCUT2D eigenvalue weighted by atomic mass is 31.2. The Kier molecular flexibility index (Phi) is 4.36. The first kappa shape index (κ1) is 18.6. The molecule has 0 spiro atoms. The van der Waals surface area contributed by atoms with Crippen LogP contribution in [0.3, 0.4) is 0 Å². The molecule has 0 saturated carbocycles.